The maximum absolute atomic E-state index is 6.05. The van der Waals surface area contributed by atoms with Crippen LogP contribution in [0.4, 0.5) is 0 Å². The molecule has 1 fully saturated rings. The predicted octanol–water partition coefficient (Wildman–Crippen LogP) is 3.87. The molecule has 3 atom stereocenters. The second-order valence-corrected chi connectivity index (χ2v) is 7.02. The first-order valence-corrected chi connectivity index (χ1v) is 8.22. The molecule has 1 aliphatic rings. The fraction of sp³-hybridized carbons (Fsp3) is 0.800. The zero-order valence-corrected chi connectivity index (χ0v) is 13.5. The van der Waals surface area contributed by atoms with Crippen LogP contribution in [0.5, 0.6) is 0 Å². The average molecular weight is 282 g/mol. The maximum atomic E-state index is 6.05. The van der Waals surface area contributed by atoms with Crippen LogP contribution in [0, 0.1) is 0 Å². The maximum Gasteiger partial charge on any atom is 0.113 e. The van der Waals surface area contributed by atoms with E-state index in [1.54, 1.807) is 11.3 Å². The lowest BCUT2D eigenvalue weighted by Crippen LogP contribution is -2.36. The second kappa shape index (κ2) is 6.33. The van der Waals surface area contributed by atoms with Crippen LogP contribution in [0.1, 0.15) is 70.1 Å². The van der Waals surface area contributed by atoms with Gasteiger partial charge in [0.1, 0.15) is 5.01 Å². The molecule has 2 heterocycles. The van der Waals surface area contributed by atoms with E-state index in [0.29, 0.717) is 18.1 Å². The van der Waals surface area contributed by atoms with Crippen molar-refractivity contribution >= 4 is 11.3 Å². The third-order valence-corrected chi connectivity index (χ3v) is 4.49. The molecule has 1 aromatic heterocycles. The number of nitrogens with one attached hydrogen (secondary N) is 1. The Morgan fingerprint density at radius 2 is 2.05 bits per heavy atom. The van der Waals surface area contributed by atoms with Crippen molar-refractivity contribution in [1.82, 2.24) is 10.3 Å². The van der Waals surface area contributed by atoms with Crippen LogP contribution >= 0.6 is 11.3 Å². The topological polar surface area (TPSA) is 34.2 Å². The summed E-state index contributed by atoms with van der Waals surface area (Å²) in [4.78, 5) is 4.81. The van der Waals surface area contributed by atoms with E-state index in [4.69, 9.17) is 9.72 Å². The van der Waals surface area contributed by atoms with Gasteiger partial charge < -0.3 is 10.1 Å². The van der Waals surface area contributed by atoms with E-state index in [9.17, 15) is 0 Å². The first-order valence-electron chi connectivity index (χ1n) is 7.34. The van der Waals surface area contributed by atoms with E-state index in [1.807, 2.05) is 0 Å². The molecule has 0 saturated carbocycles. The molecule has 0 bridgehead atoms. The van der Waals surface area contributed by atoms with Gasteiger partial charge in [-0.1, -0.05) is 27.7 Å². The number of rotatable bonds is 5. The number of aromatic nitrogens is 1. The van der Waals surface area contributed by atoms with Gasteiger partial charge >= 0.3 is 0 Å². The minimum Gasteiger partial charge on any atom is -0.373 e. The van der Waals surface area contributed by atoms with Gasteiger partial charge in [-0.15, -0.1) is 11.3 Å². The van der Waals surface area contributed by atoms with Crippen LogP contribution in [0.15, 0.2) is 5.38 Å². The fourth-order valence-corrected chi connectivity index (χ4v) is 3.58. The Kier molecular flexibility index (Phi) is 4.98. The molecule has 108 valence electrons. The van der Waals surface area contributed by atoms with Gasteiger partial charge in [-0.3, -0.25) is 0 Å². The predicted molar refractivity (Wildman–Crippen MR) is 80.8 cm³/mol. The molecule has 1 aliphatic heterocycles. The third-order valence-electron chi connectivity index (χ3n) is 3.55. The first kappa shape index (κ1) is 14.9. The van der Waals surface area contributed by atoms with E-state index in [-0.39, 0.29) is 12.1 Å². The lowest BCUT2D eigenvalue weighted by molar-refractivity contribution is 0.0295. The lowest BCUT2D eigenvalue weighted by atomic mass is 10.1. The van der Waals surface area contributed by atoms with E-state index < -0.39 is 0 Å². The molecule has 0 spiro atoms. The Morgan fingerprint density at radius 3 is 2.53 bits per heavy atom. The summed E-state index contributed by atoms with van der Waals surface area (Å²) in [7, 11) is 0. The van der Waals surface area contributed by atoms with Crippen molar-refractivity contribution in [2.75, 3.05) is 0 Å². The number of ether oxygens (including phenoxy) is 1. The summed E-state index contributed by atoms with van der Waals surface area (Å²) >= 11 is 1.76. The molecule has 19 heavy (non-hydrogen) atoms. The Bertz CT molecular complexity index is 403. The van der Waals surface area contributed by atoms with Gasteiger partial charge in [0.2, 0.25) is 0 Å². The smallest absolute Gasteiger partial charge is 0.113 e. The molecule has 3 unspecified atom stereocenters. The zero-order chi connectivity index (χ0) is 14.0. The van der Waals surface area contributed by atoms with Gasteiger partial charge in [-0.05, 0) is 25.7 Å². The molecule has 1 aromatic rings. The van der Waals surface area contributed by atoms with Crippen LogP contribution in [-0.4, -0.2) is 23.2 Å². The Morgan fingerprint density at radius 1 is 1.32 bits per heavy atom. The first-order chi connectivity index (χ1) is 8.97. The number of hydrogen-bond acceptors (Lipinski definition) is 4. The van der Waals surface area contributed by atoms with Crippen molar-refractivity contribution < 1.29 is 4.74 Å². The van der Waals surface area contributed by atoms with Crippen LogP contribution in [0.25, 0.3) is 0 Å². The van der Waals surface area contributed by atoms with E-state index in [2.05, 4.69) is 45.3 Å². The average Bonchev–Trinajstić information content (AvgIpc) is 2.94. The summed E-state index contributed by atoms with van der Waals surface area (Å²) in [5.74, 6) is 0.494. The lowest BCUT2D eigenvalue weighted by Gasteiger charge is -2.25. The summed E-state index contributed by atoms with van der Waals surface area (Å²) < 4.78 is 6.05. The summed E-state index contributed by atoms with van der Waals surface area (Å²) in [5.41, 5.74) is 1.20. The van der Waals surface area contributed by atoms with Crippen molar-refractivity contribution in [2.45, 2.75) is 77.7 Å². The number of hydrogen-bond donors (Lipinski definition) is 1. The van der Waals surface area contributed by atoms with Crippen LogP contribution in [0.3, 0.4) is 0 Å². The van der Waals surface area contributed by atoms with Gasteiger partial charge in [0.05, 0.1) is 23.9 Å². The largest absolute Gasteiger partial charge is 0.373 e. The monoisotopic (exact) mass is 282 g/mol. The molecule has 1 saturated heterocycles. The van der Waals surface area contributed by atoms with Gasteiger partial charge in [0, 0.05) is 11.4 Å². The van der Waals surface area contributed by atoms with Gasteiger partial charge in [-0.2, -0.15) is 0 Å². The highest BCUT2D eigenvalue weighted by Gasteiger charge is 2.32. The van der Waals surface area contributed by atoms with Crippen molar-refractivity contribution in [3.63, 3.8) is 0 Å². The molecule has 2 rings (SSSR count). The third kappa shape index (κ3) is 3.77. The number of thiazole rings is 1. The molecule has 0 aliphatic carbocycles. The molecular formula is C15H26N2OS. The van der Waals surface area contributed by atoms with Gasteiger partial charge in [0.25, 0.3) is 0 Å². The van der Waals surface area contributed by atoms with Crippen LogP contribution in [-0.2, 0) is 4.74 Å². The summed E-state index contributed by atoms with van der Waals surface area (Å²) in [5, 5.41) is 7.00. The summed E-state index contributed by atoms with van der Waals surface area (Å²) in [6.07, 6.45) is 2.93. The summed E-state index contributed by atoms with van der Waals surface area (Å²) in [6, 6.07) is 0.679. The highest BCUT2D eigenvalue weighted by molar-refractivity contribution is 7.09. The quantitative estimate of drug-likeness (QED) is 0.890. The molecule has 0 amide bonds. The van der Waals surface area contributed by atoms with Gasteiger partial charge in [-0.25, -0.2) is 4.98 Å². The Labute approximate surface area is 120 Å². The molecule has 0 radical (unpaired) electrons. The number of nitrogens with zero attached hydrogens (tertiary/aromatic N) is 1. The molecule has 0 aromatic carbocycles. The second-order valence-electron chi connectivity index (χ2n) is 6.13. The van der Waals surface area contributed by atoms with Crippen molar-refractivity contribution in [1.29, 1.82) is 0 Å². The molecular weight excluding hydrogens is 256 g/mol. The Hall–Kier alpha value is -0.450. The van der Waals surface area contributed by atoms with Crippen LogP contribution in [0.2, 0.25) is 0 Å². The Balaban J connectivity index is 2.16. The standard InChI is InChI=1S/C15H26N2OS/c1-9(2)12-8-19-15(17-12)14(16-10(3)4)13-7-6-11(5)18-13/h8-11,13-14,16H,6-7H2,1-5H3. The van der Waals surface area contributed by atoms with Crippen molar-refractivity contribution in [3.05, 3.63) is 16.1 Å². The van der Waals surface area contributed by atoms with E-state index >= 15 is 0 Å². The van der Waals surface area contributed by atoms with Crippen molar-refractivity contribution in [3.8, 4) is 0 Å². The molecule has 3 nitrogen and oxygen atoms in total. The SMILES string of the molecule is CC(C)NC(c1nc(C(C)C)cs1)C1CCC(C)O1. The highest BCUT2D eigenvalue weighted by Crippen LogP contribution is 2.33. The minimum atomic E-state index is 0.238. The van der Waals surface area contributed by atoms with E-state index in [1.165, 1.54) is 10.7 Å². The van der Waals surface area contributed by atoms with E-state index in [0.717, 1.165) is 12.8 Å². The summed E-state index contributed by atoms with van der Waals surface area (Å²) in [6.45, 7) is 10.9. The highest BCUT2D eigenvalue weighted by atomic mass is 32.1. The fourth-order valence-electron chi connectivity index (χ4n) is 2.48. The molecule has 4 heteroatoms. The van der Waals surface area contributed by atoms with Crippen LogP contribution < -0.4 is 5.32 Å². The minimum absolute atomic E-state index is 0.238. The van der Waals surface area contributed by atoms with Crippen molar-refractivity contribution in [2.24, 2.45) is 0 Å². The van der Waals surface area contributed by atoms with Gasteiger partial charge in [0.15, 0.2) is 0 Å². The molecule has 1 N–H and O–H groups in total. The zero-order valence-electron chi connectivity index (χ0n) is 12.6. The normalized spacial score (nSPS) is 25.4.